The van der Waals surface area contributed by atoms with E-state index in [-0.39, 0.29) is 0 Å². The highest BCUT2D eigenvalue weighted by molar-refractivity contribution is 9.10. The Hall–Kier alpha value is -0.780. The van der Waals surface area contributed by atoms with Crippen LogP contribution in [0.2, 0.25) is 0 Å². The molecule has 0 unspecified atom stereocenters. The van der Waals surface area contributed by atoms with Crippen molar-refractivity contribution in [3.63, 3.8) is 0 Å². The van der Waals surface area contributed by atoms with Gasteiger partial charge in [0.1, 0.15) is 6.61 Å². The maximum absolute atomic E-state index is 5.91. The summed E-state index contributed by atoms with van der Waals surface area (Å²) in [6.45, 7) is 4.51. The Labute approximate surface area is 129 Å². The minimum atomic E-state index is 0.489. The Morgan fingerprint density at radius 2 is 2.00 bits per heavy atom. The first-order chi connectivity index (χ1) is 9.74. The number of likely N-dealkylation sites (tertiary alicyclic amines) is 1. The van der Waals surface area contributed by atoms with E-state index in [2.05, 4.69) is 20.8 Å². The Bertz CT molecular complexity index is 434. The fraction of sp³-hybridized carbons (Fsp3) is 0.600. The largest absolute Gasteiger partial charge is 0.493 e. The van der Waals surface area contributed by atoms with Crippen molar-refractivity contribution in [3.05, 3.63) is 22.2 Å². The monoisotopic (exact) mass is 342 g/mol. The number of nitrogens with two attached hydrogens (primary N) is 1. The topological polar surface area (TPSA) is 47.7 Å². The van der Waals surface area contributed by atoms with Gasteiger partial charge in [-0.2, -0.15) is 0 Å². The molecule has 0 aliphatic carbocycles. The van der Waals surface area contributed by atoms with Crippen LogP contribution in [0.1, 0.15) is 24.8 Å². The molecule has 4 nitrogen and oxygen atoms in total. The van der Waals surface area contributed by atoms with Gasteiger partial charge >= 0.3 is 0 Å². The maximum Gasteiger partial charge on any atom is 0.175 e. The average molecular weight is 343 g/mol. The molecule has 112 valence electrons. The molecule has 2 rings (SSSR count). The van der Waals surface area contributed by atoms with Crippen molar-refractivity contribution < 1.29 is 9.47 Å². The summed E-state index contributed by atoms with van der Waals surface area (Å²) in [7, 11) is 1.65. The van der Waals surface area contributed by atoms with Gasteiger partial charge in [-0.1, -0.05) is 6.42 Å². The molecule has 1 aromatic carbocycles. The SMILES string of the molecule is COc1cc(CN)cc(Br)c1OCCN1CCCCC1. The molecule has 0 bridgehead atoms. The van der Waals surface area contributed by atoms with Gasteiger partial charge in [0.15, 0.2) is 11.5 Å². The fourth-order valence-electron chi connectivity index (χ4n) is 2.49. The van der Waals surface area contributed by atoms with Crippen molar-refractivity contribution in [1.29, 1.82) is 0 Å². The van der Waals surface area contributed by atoms with E-state index in [0.29, 0.717) is 13.2 Å². The van der Waals surface area contributed by atoms with Crippen LogP contribution in [0.3, 0.4) is 0 Å². The molecule has 1 heterocycles. The lowest BCUT2D eigenvalue weighted by atomic mass is 10.1. The van der Waals surface area contributed by atoms with Crippen LogP contribution in [0, 0.1) is 0 Å². The molecule has 5 heteroatoms. The van der Waals surface area contributed by atoms with Gasteiger partial charge in [0.05, 0.1) is 11.6 Å². The number of rotatable bonds is 6. The van der Waals surface area contributed by atoms with Crippen molar-refractivity contribution in [3.8, 4) is 11.5 Å². The van der Waals surface area contributed by atoms with E-state index in [0.717, 1.165) is 28.1 Å². The average Bonchev–Trinajstić information content (AvgIpc) is 2.49. The molecular weight excluding hydrogens is 320 g/mol. The normalized spacial score (nSPS) is 16.1. The first-order valence-corrected chi connectivity index (χ1v) is 7.95. The molecule has 20 heavy (non-hydrogen) atoms. The van der Waals surface area contributed by atoms with E-state index in [1.165, 1.54) is 32.4 Å². The van der Waals surface area contributed by atoms with Crippen LogP contribution in [-0.4, -0.2) is 38.3 Å². The predicted molar refractivity (Wildman–Crippen MR) is 84.4 cm³/mol. The van der Waals surface area contributed by atoms with Gasteiger partial charge in [-0.25, -0.2) is 0 Å². The smallest absolute Gasteiger partial charge is 0.175 e. The molecule has 1 aliphatic heterocycles. The number of benzene rings is 1. The van der Waals surface area contributed by atoms with Gasteiger partial charge in [0.2, 0.25) is 0 Å². The summed E-state index contributed by atoms with van der Waals surface area (Å²) in [5.41, 5.74) is 6.69. The molecule has 1 aliphatic rings. The van der Waals surface area contributed by atoms with Crippen molar-refractivity contribution >= 4 is 15.9 Å². The third kappa shape index (κ3) is 4.11. The number of hydrogen-bond donors (Lipinski definition) is 1. The molecular formula is C15H23BrN2O2. The molecule has 0 aromatic heterocycles. The molecule has 0 saturated carbocycles. The number of halogens is 1. The zero-order chi connectivity index (χ0) is 14.4. The summed E-state index contributed by atoms with van der Waals surface area (Å²) in [5, 5.41) is 0. The molecule has 2 N–H and O–H groups in total. The van der Waals surface area contributed by atoms with Gasteiger partial charge in [-0.05, 0) is 59.6 Å². The summed E-state index contributed by atoms with van der Waals surface area (Å²) >= 11 is 3.53. The number of hydrogen-bond acceptors (Lipinski definition) is 4. The van der Waals surface area contributed by atoms with Crippen molar-refractivity contribution in [1.82, 2.24) is 4.90 Å². The molecule has 1 aromatic rings. The van der Waals surface area contributed by atoms with E-state index < -0.39 is 0 Å². The van der Waals surface area contributed by atoms with Crippen LogP contribution in [0.15, 0.2) is 16.6 Å². The van der Waals surface area contributed by atoms with Crippen molar-refractivity contribution in [2.75, 3.05) is 33.4 Å². The molecule has 1 fully saturated rings. The second-order valence-corrected chi connectivity index (χ2v) is 5.92. The third-order valence-corrected chi connectivity index (χ3v) is 4.22. The van der Waals surface area contributed by atoms with E-state index in [9.17, 15) is 0 Å². The highest BCUT2D eigenvalue weighted by atomic mass is 79.9. The van der Waals surface area contributed by atoms with Gasteiger partial charge in [0, 0.05) is 13.1 Å². The summed E-state index contributed by atoms with van der Waals surface area (Å²) in [4.78, 5) is 2.46. The maximum atomic E-state index is 5.91. The third-order valence-electron chi connectivity index (χ3n) is 3.63. The second kappa shape index (κ2) is 7.86. The lowest BCUT2D eigenvalue weighted by Gasteiger charge is -2.26. The number of ether oxygens (including phenoxy) is 2. The zero-order valence-corrected chi connectivity index (χ0v) is 13.6. The second-order valence-electron chi connectivity index (χ2n) is 5.06. The van der Waals surface area contributed by atoms with E-state index >= 15 is 0 Å². The zero-order valence-electron chi connectivity index (χ0n) is 12.0. The van der Waals surface area contributed by atoms with E-state index in [1.807, 2.05) is 12.1 Å². The minimum absolute atomic E-state index is 0.489. The number of methoxy groups -OCH3 is 1. The van der Waals surface area contributed by atoms with Crippen LogP contribution in [-0.2, 0) is 6.54 Å². The molecule has 0 atom stereocenters. The summed E-state index contributed by atoms with van der Waals surface area (Å²) in [6.07, 6.45) is 3.97. The van der Waals surface area contributed by atoms with Gasteiger partial charge in [-0.3, -0.25) is 4.90 Å². The lowest BCUT2D eigenvalue weighted by Crippen LogP contribution is -2.33. The quantitative estimate of drug-likeness (QED) is 0.863. The molecule has 0 amide bonds. The Balaban J connectivity index is 1.94. The first kappa shape index (κ1) is 15.6. The Morgan fingerprint density at radius 1 is 1.25 bits per heavy atom. The van der Waals surface area contributed by atoms with Crippen molar-refractivity contribution in [2.24, 2.45) is 5.73 Å². The molecule has 0 radical (unpaired) electrons. The van der Waals surface area contributed by atoms with Crippen molar-refractivity contribution in [2.45, 2.75) is 25.8 Å². The van der Waals surface area contributed by atoms with Crippen LogP contribution >= 0.6 is 15.9 Å². The summed E-state index contributed by atoms with van der Waals surface area (Å²) in [6, 6.07) is 3.92. The van der Waals surface area contributed by atoms with E-state index in [1.54, 1.807) is 7.11 Å². The number of nitrogens with zero attached hydrogens (tertiary/aromatic N) is 1. The lowest BCUT2D eigenvalue weighted by molar-refractivity contribution is 0.180. The van der Waals surface area contributed by atoms with Gasteiger partial charge < -0.3 is 15.2 Å². The van der Waals surface area contributed by atoms with Crippen LogP contribution in [0.5, 0.6) is 11.5 Å². The highest BCUT2D eigenvalue weighted by Gasteiger charge is 2.13. The van der Waals surface area contributed by atoms with Gasteiger partial charge in [0.25, 0.3) is 0 Å². The fourth-order valence-corrected chi connectivity index (χ4v) is 3.09. The Morgan fingerprint density at radius 3 is 2.65 bits per heavy atom. The van der Waals surface area contributed by atoms with Crippen LogP contribution < -0.4 is 15.2 Å². The Kier molecular flexibility index (Phi) is 6.13. The molecule has 0 spiro atoms. The predicted octanol–water partition coefficient (Wildman–Crippen LogP) is 2.78. The summed E-state index contributed by atoms with van der Waals surface area (Å²) < 4.78 is 12.2. The summed E-state index contributed by atoms with van der Waals surface area (Å²) in [5.74, 6) is 1.50. The van der Waals surface area contributed by atoms with E-state index in [4.69, 9.17) is 15.2 Å². The number of piperidine rings is 1. The van der Waals surface area contributed by atoms with Crippen LogP contribution in [0.4, 0.5) is 0 Å². The van der Waals surface area contributed by atoms with Gasteiger partial charge in [-0.15, -0.1) is 0 Å². The minimum Gasteiger partial charge on any atom is -0.493 e. The molecule has 1 saturated heterocycles. The van der Waals surface area contributed by atoms with Crippen LogP contribution in [0.25, 0.3) is 0 Å². The highest BCUT2D eigenvalue weighted by Crippen LogP contribution is 2.36. The first-order valence-electron chi connectivity index (χ1n) is 7.16. The standard InChI is InChI=1S/C15H23BrN2O2/c1-19-14-10-12(11-17)9-13(16)15(14)20-8-7-18-5-3-2-4-6-18/h9-10H,2-8,11,17H2,1H3.